The summed E-state index contributed by atoms with van der Waals surface area (Å²) < 4.78 is 13.9. The lowest BCUT2D eigenvalue weighted by molar-refractivity contribution is -0.151. The molecule has 0 bridgehead atoms. The minimum Gasteiger partial charge on any atom is -0.491 e. The molecule has 0 radical (unpaired) electrons. The summed E-state index contributed by atoms with van der Waals surface area (Å²) in [6.07, 6.45) is 40.7. The van der Waals surface area contributed by atoms with Crippen molar-refractivity contribution in [3.8, 4) is 65.0 Å². The Labute approximate surface area is 644 Å². The first-order chi connectivity index (χ1) is 51.7. The molecule has 8 atom stereocenters. The summed E-state index contributed by atoms with van der Waals surface area (Å²) in [5.74, 6) is 42.1. The monoisotopic (exact) mass is 1410 g/mol. The fraction of sp³-hybridized carbons (Fsp3) is 0.524. The first-order valence-electron chi connectivity index (χ1n) is 42.5. The number of fused-ring (bicyclic) bond motifs is 5. The third kappa shape index (κ3) is 22.6. The number of unbranched alkanes of at least 4 members (excludes halogenated alkanes) is 11. The maximum atomic E-state index is 14.2. The Hall–Kier alpha value is -7.87. The van der Waals surface area contributed by atoms with Gasteiger partial charge in [0.25, 0.3) is 0 Å². The average molecular weight is 1410 g/mol. The third-order valence-electron chi connectivity index (χ3n) is 24.8. The summed E-state index contributed by atoms with van der Waals surface area (Å²) in [7, 11) is 0. The van der Waals surface area contributed by atoms with Crippen LogP contribution in [0.3, 0.4) is 0 Å². The zero-order valence-electron chi connectivity index (χ0n) is 67.1. The Balaban J connectivity index is 1.02. The van der Waals surface area contributed by atoms with Gasteiger partial charge in [-0.3, -0.25) is 4.79 Å². The summed E-state index contributed by atoms with van der Waals surface area (Å²) >= 11 is 0. The molecule has 6 aromatic rings. The second kappa shape index (κ2) is 41.5. The van der Waals surface area contributed by atoms with Crippen LogP contribution in [0.25, 0.3) is 0 Å². The molecule has 4 aliphatic carbocycles. The van der Waals surface area contributed by atoms with Crippen molar-refractivity contribution < 1.29 is 14.3 Å². The molecule has 3 fully saturated rings. The highest BCUT2D eigenvalue weighted by atomic mass is 16.5. The molecular weight excluding hydrogens is 1290 g/mol. The number of ether oxygens (including phenoxy) is 2. The molecule has 558 valence electrons. The molecule has 3 nitrogen and oxygen atoms in total. The fourth-order valence-corrected chi connectivity index (χ4v) is 18.4. The number of benzene rings is 6. The highest BCUT2D eigenvalue weighted by Crippen LogP contribution is 2.67. The van der Waals surface area contributed by atoms with Crippen LogP contribution in [0.2, 0.25) is 0 Å². The van der Waals surface area contributed by atoms with Crippen LogP contribution in [-0.2, 0) is 41.6 Å². The molecule has 0 aliphatic heterocycles. The van der Waals surface area contributed by atoms with Crippen LogP contribution in [0.15, 0.2) is 133 Å². The lowest BCUT2D eigenvalue weighted by atomic mass is 9.47. The minimum absolute atomic E-state index is 0.0872. The molecular formula is C103H128O3. The SMILES string of the molecule is CCCCCc1ccc(C#Cc2c(C#Cc3ccc(CCCCC)cc3)c(C#Cc3ccc(CCCCC)cc3)c(OCCCCC(=O)OC3CC[C@@]4(C)C(=CC[C@H]5[C@@H]6CC[C@H]([C@H](C)CCCC(C)C)[C@@]6(C)CC[C@@H]54)C3)c(C#Cc3ccc(CCCCC)cc3)c2C#Cc2ccc(CCCCC)cc2)cc1. The van der Waals surface area contributed by atoms with Gasteiger partial charge in [-0.15, -0.1) is 0 Å². The van der Waals surface area contributed by atoms with Crippen molar-refractivity contribution in [2.45, 2.75) is 294 Å². The second-order valence-electron chi connectivity index (χ2n) is 33.2. The lowest BCUT2D eigenvalue weighted by Gasteiger charge is -2.58. The molecule has 0 spiro atoms. The predicted octanol–water partition coefficient (Wildman–Crippen LogP) is 25.9. The van der Waals surface area contributed by atoms with Gasteiger partial charge in [0.05, 0.1) is 34.4 Å². The van der Waals surface area contributed by atoms with Crippen molar-refractivity contribution in [3.05, 3.63) is 216 Å². The van der Waals surface area contributed by atoms with E-state index in [4.69, 9.17) is 9.47 Å². The largest absolute Gasteiger partial charge is 0.491 e. The molecule has 4 aliphatic rings. The molecule has 106 heavy (non-hydrogen) atoms. The molecule has 0 saturated heterocycles. The normalized spacial score (nSPS) is 20.1. The Bertz CT molecular complexity index is 3970. The van der Waals surface area contributed by atoms with Crippen molar-refractivity contribution in [3.63, 3.8) is 0 Å². The van der Waals surface area contributed by atoms with Gasteiger partial charge in [-0.25, -0.2) is 0 Å². The van der Waals surface area contributed by atoms with E-state index < -0.39 is 0 Å². The topological polar surface area (TPSA) is 35.5 Å². The van der Waals surface area contributed by atoms with Crippen LogP contribution in [0.1, 0.15) is 339 Å². The van der Waals surface area contributed by atoms with E-state index in [2.05, 4.69) is 256 Å². The van der Waals surface area contributed by atoms with Gasteiger partial charge >= 0.3 is 5.97 Å². The Morgan fingerprint density at radius 2 is 0.821 bits per heavy atom. The number of hydrogen-bond donors (Lipinski definition) is 0. The van der Waals surface area contributed by atoms with Gasteiger partial charge in [-0.2, -0.15) is 0 Å². The summed E-state index contributed by atoms with van der Waals surface area (Å²) in [6.45, 7) is 24.2. The van der Waals surface area contributed by atoms with E-state index in [0.717, 1.165) is 147 Å². The van der Waals surface area contributed by atoms with Gasteiger partial charge in [-0.05, 0) is 257 Å². The van der Waals surface area contributed by atoms with Crippen LogP contribution in [0, 0.1) is 106 Å². The van der Waals surface area contributed by atoms with E-state index in [-0.39, 0.29) is 17.5 Å². The molecule has 0 N–H and O–H groups in total. The summed E-state index contributed by atoms with van der Waals surface area (Å²) in [5.41, 5.74) is 16.4. The summed E-state index contributed by atoms with van der Waals surface area (Å²) in [6, 6.07) is 43.7. The molecule has 0 amide bonds. The van der Waals surface area contributed by atoms with Gasteiger partial charge in [-0.1, -0.05) is 284 Å². The first-order valence-corrected chi connectivity index (χ1v) is 42.5. The molecule has 0 heterocycles. The number of aryl methyl sites for hydroxylation is 5. The lowest BCUT2D eigenvalue weighted by Crippen LogP contribution is -2.51. The van der Waals surface area contributed by atoms with Gasteiger partial charge in [0.2, 0.25) is 0 Å². The standard InChI is InChI=1S/C103H128O3/c1-11-16-21-31-79-37-47-84(48-38-79)57-63-91-92(64-58-85-49-39-80(40-50-85)32-22-17-12-2)94(66-60-87-53-43-82(44-54-87)34-24-19-14-4)101(95(67-61-88-55-45-83(46-56-88)35-25-20-15-5)93(91)65-59-86-51-41-81(42-52-86)33-23-18-13-3)105-75-27-26-36-100(104)106-90-71-73-102(9)89(76-90)62-68-96-98-70-69-97(78(8)30-28-29-77(6)7)103(98,10)74-72-99(96)102/h37-56,62,77-78,90,96-99H,11-36,68-76H2,1-10H3/t78-,90?,96+,97-,98+,99+,102+,103-/m1/s1. The van der Waals surface area contributed by atoms with E-state index in [1.165, 1.54) is 143 Å². The maximum Gasteiger partial charge on any atom is 0.306 e. The molecule has 10 rings (SSSR count). The number of carbonyl (C=O) groups is 1. The Morgan fingerprint density at radius 3 is 1.22 bits per heavy atom. The smallest absolute Gasteiger partial charge is 0.306 e. The quantitative estimate of drug-likeness (QED) is 0.0183. The van der Waals surface area contributed by atoms with E-state index in [1.807, 2.05) is 0 Å². The Morgan fingerprint density at radius 1 is 0.425 bits per heavy atom. The summed E-state index contributed by atoms with van der Waals surface area (Å²) in [4.78, 5) is 14.2. The van der Waals surface area contributed by atoms with Gasteiger partial charge in [0.15, 0.2) is 5.75 Å². The van der Waals surface area contributed by atoms with Crippen LogP contribution in [-0.4, -0.2) is 18.7 Å². The summed E-state index contributed by atoms with van der Waals surface area (Å²) in [5, 5.41) is 0. The van der Waals surface area contributed by atoms with Crippen molar-refractivity contribution >= 4 is 5.97 Å². The number of carbonyl (C=O) groups excluding carboxylic acids is 1. The average Bonchev–Trinajstić information content (AvgIpc) is 1.31. The van der Waals surface area contributed by atoms with Crippen molar-refractivity contribution in [1.82, 2.24) is 0 Å². The van der Waals surface area contributed by atoms with Crippen molar-refractivity contribution in [2.24, 2.45) is 46.3 Å². The minimum atomic E-state index is -0.117. The Kier molecular flexibility index (Phi) is 31.6. The van der Waals surface area contributed by atoms with E-state index in [0.29, 0.717) is 64.9 Å². The molecule has 1 unspecified atom stereocenters. The number of rotatable bonds is 32. The van der Waals surface area contributed by atoms with Gasteiger partial charge in [0, 0.05) is 40.7 Å². The molecule has 3 saturated carbocycles. The van der Waals surface area contributed by atoms with Crippen LogP contribution in [0.4, 0.5) is 0 Å². The van der Waals surface area contributed by atoms with Gasteiger partial charge < -0.3 is 9.47 Å². The number of esters is 1. The van der Waals surface area contributed by atoms with Gasteiger partial charge in [0.1, 0.15) is 6.10 Å². The van der Waals surface area contributed by atoms with Crippen LogP contribution >= 0.6 is 0 Å². The van der Waals surface area contributed by atoms with E-state index >= 15 is 0 Å². The van der Waals surface area contributed by atoms with Crippen molar-refractivity contribution in [1.29, 1.82) is 0 Å². The maximum absolute atomic E-state index is 14.2. The zero-order chi connectivity index (χ0) is 74.5. The highest BCUT2D eigenvalue weighted by Gasteiger charge is 2.59. The van der Waals surface area contributed by atoms with E-state index in [1.54, 1.807) is 5.57 Å². The fourth-order valence-electron chi connectivity index (χ4n) is 18.4. The van der Waals surface area contributed by atoms with Crippen LogP contribution in [0.5, 0.6) is 5.75 Å². The number of hydrogen-bond acceptors (Lipinski definition) is 3. The third-order valence-corrected chi connectivity index (χ3v) is 24.8. The second-order valence-corrected chi connectivity index (χ2v) is 33.2. The number of allylic oxidation sites excluding steroid dienone is 1. The first kappa shape index (κ1) is 80.7. The molecule has 0 aromatic heterocycles. The van der Waals surface area contributed by atoms with Crippen molar-refractivity contribution in [2.75, 3.05) is 6.61 Å². The van der Waals surface area contributed by atoms with E-state index in [9.17, 15) is 4.79 Å². The zero-order valence-corrected chi connectivity index (χ0v) is 67.1. The highest BCUT2D eigenvalue weighted by molar-refractivity contribution is 5.78. The molecule has 6 aromatic carbocycles. The molecule has 3 heteroatoms. The predicted molar refractivity (Wildman–Crippen MR) is 447 cm³/mol. The van der Waals surface area contributed by atoms with Crippen LogP contribution < -0.4 is 4.74 Å².